The van der Waals surface area contributed by atoms with Gasteiger partial charge in [0, 0.05) is 24.0 Å². The molecule has 0 spiro atoms. The van der Waals surface area contributed by atoms with Crippen molar-refractivity contribution in [2.24, 2.45) is 10.7 Å². The highest BCUT2D eigenvalue weighted by Crippen LogP contribution is 2.25. The van der Waals surface area contributed by atoms with E-state index in [9.17, 15) is 9.90 Å². The third-order valence-electron chi connectivity index (χ3n) is 3.98. The van der Waals surface area contributed by atoms with E-state index in [4.69, 9.17) is 10.5 Å². The number of piperidine rings is 1. The van der Waals surface area contributed by atoms with Crippen molar-refractivity contribution in [1.82, 2.24) is 10.2 Å². The molecule has 1 atom stereocenters. The average molecular weight is 482 g/mol. The quantitative estimate of drug-likeness (QED) is 0.339. The van der Waals surface area contributed by atoms with Crippen molar-refractivity contribution in [1.29, 1.82) is 0 Å². The predicted molar refractivity (Wildman–Crippen MR) is 111 cm³/mol. The van der Waals surface area contributed by atoms with Gasteiger partial charge in [-0.05, 0) is 38.1 Å². The molecule has 4 N–H and O–H groups in total. The summed E-state index contributed by atoms with van der Waals surface area (Å²) in [5, 5.41) is 15.5. The minimum atomic E-state index is -1.02. The highest BCUT2D eigenvalue weighted by atomic mass is 127. The van der Waals surface area contributed by atoms with E-state index < -0.39 is 5.60 Å². The van der Waals surface area contributed by atoms with Crippen LogP contribution in [0.15, 0.2) is 22.5 Å². The molecule has 1 aromatic rings. The summed E-state index contributed by atoms with van der Waals surface area (Å²) in [5.41, 5.74) is 4.91. The molecule has 1 amide bonds. The predicted octanol–water partition coefficient (Wildman–Crippen LogP) is 2.10. The summed E-state index contributed by atoms with van der Waals surface area (Å²) in [5.74, 6) is 0.321. The molecule has 7 nitrogen and oxygen atoms in total. The Morgan fingerprint density at radius 2 is 2.24 bits per heavy atom. The van der Waals surface area contributed by atoms with E-state index in [0.717, 1.165) is 17.7 Å². The van der Waals surface area contributed by atoms with Crippen LogP contribution in [0.1, 0.15) is 31.6 Å². The smallest absolute Gasteiger partial charge is 0.409 e. The summed E-state index contributed by atoms with van der Waals surface area (Å²) >= 11 is 1.49. The molecule has 2 rings (SSSR count). The summed E-state index contributed by atoms with van der Waals surface area (Å²) < 4.78 is 5.00. The number of thiophene rings is 1. The first-order valence-electron chi connectivity index (χ1n) is 8.17. The topological polar surface area (TPSA) is 100 Å². The number of aliphatic imine (C=N–C) groups is 1. The Bertz CT molecular complexity index is 558. The van der Waals surface area contributed by atoms with Gasteiger partial charge in [-0.25, -0.2) is 4.79 Å². The van der Waals surface area contributed by atoms with Crippen LogP contribution in [0.25, 0.3) is 0 Å². The zero-order valence-electron chi connectivity index (χ0n) is 14.6. The summed E-state index contributed by atoms with van der Waals surface area (Å²) in [7, 11) is 0. The van der Waals surface area contributed by atoms with Crippen LogP contribution >= 0.6 is 35.3 Å². The number of carbonyl (C=O) groups is 1. The molecule has 1 unspecified atom stereocenters. The van der Waals surface area contributed by atoms with E-state index in [1.807, 2.05) is 17.5 Å². The van der Waals surface area contributed by atoms with Gasteiger partial charge in [-0.3, -0.25) is 4.99 Å². The van der Waals surface area contributed by atoms with Crippen LogP contribution in [0.2, 0.25) is 0 Å². The second-order valence-corrected chi connectivity index (χ2v) is 7.00. The molecule has 2 heterocycles. The summed E-state index contributed by atoms with van der Waals surface area (Å²) in [6, 6.07) is 3.96. The zero-order chi connectivity index (χ0) is 17.6. The Morgan fingerprint density at radius 1 is 1.56 bits per heavy atom. The minimum Gasteiger partial charge on any atom is -0.450 e. The number of carbonyl (C=O) groups excluding carboxylic acids is 1. The fourth-order valence-electron chi connectivity index (χ4n) is 2.58. The maximum atomic E-state index is 11.7. The van der Waals surface area contributed by atoms with Crippen LogP contribution in [0.3, 0.4) is 0 Å². The standard InChI is InChI=1S/C16H26N4O3S.HI/c1-3-23-15(21)20-8-6-12(7-9-20)19-14(17)18-11-16(2,22)13-5-4-10-24-13;/h4-5,10,12,22H,3,6-9,11H2,1-2H3,(H3,17,18,19);1H. The number of nitrogens with zero attached hydrogens (tertiary/aromatic N) is 2. The molecule has 0 saturated carbocycles. The van der Waals surface area contributed by atoms with Crippen LogP contribution in [0.4, 0.5) is 4.79 Å². The van der Waals surface area contributed by atoms with E-state index in [1.54, 1.807) is 18.7 Å². The molecule has 0 radical (unpaired) electrons. The summed E-state index contributed by atoms with van der Waals surface area (Å²) in [6.45, 7) is 5.39. The first-order valence-corrected chi connectivity index (χ1v) is 9.05. The summed E-state index contributed by atoms with van der Waals surface area (Å²) in [6.07, 6.45) is 1.32. The number of hydrogen-bond donors (Lipinski definition) is 3. The van der Waals surface area contributed by atoms with Gasteiger partial charge < -0.3 is 25.8 Å². The molecule has 1 fully saturated rings. The third kappa shape index (κ3) is 6.63. The van der Waals surface area contributed by atoms with Crippen LogP contribution in [-0.2, 0) is 10.3 Å². The van der Waals surface area contributed by atoms with E-state index in [-0.39, 0.29) is 42.7 Å². The van der Waals surface area contributed by atoms with Gasteiger partial charge in [0.15, 0.2) is 5.96 Å². The number of likely N-dealkylation sites (tertiary alicyclic amines) is 1. The van der Waals surface area contributed by atoms with E-state index in [2.05, 4.69) is 10.3 Å². The van der Waals surface area contributed by atoms with Crippen molar-refractivity contribution in [2.45, 2.75) is 38.3 Å². The van der Waals surface area contributed by atoms with Gasteiger partial charge in [-0.2, -0.15) is 0 Å². The number of amides is 1. The van der Waals surface area contributed by atoms with Crippen molar-refractivity contribution in [3.05, 3.63) is 22.4 Å². The number of aliphatic hydroxyl groups is 1. The van der Waals surface area contributed by atoms with Gasteiger partial charge in [-0.1, -0.05) is 6.07 Å². The molecule has 0 bridgehead atoms. The molecule has 142 valence electrons. The molecule has 9 heteroatoms. The van der Waals surface area contributed by atoms with Crippen molar-refractivity contribution in [3.8, 4) is 0 Å². The van der Waals surface area contributed by atoms with Crippen LogP contribution in [0.5, 0.6) is 0 Å². The van der Waals surface area contributed by atoms with Gasteiger partial charge >= 0.3 is 6.09 Å². The van der Waals surface area contributed by atoms with E-state index in [1.165, 1.54) is 11.3 Å². The number of hydrogen-bond acceptors (Lipinski definition) is 5. The normalized spacial score (nSPS) is 18.2. The molecular weight excluding hydrogens is 455 g/mol. The molecule has 0 aromatic carbocycles. The highest BCUT2D eigenvalue weighted by molar-refractivity contribution is 14.0. The number of guanidine groups is 1. The van der Waals surface area contributed by atoms with Gasteiger partial charge in [0.25, 0.3) is 0 Å². The molecule has 1 saturated heterocycles. The SMILES string of the molecule is CCOC(=O)N1CCC(NC(N)=NCC(C)(O)c2cccs2)CC1.I. The number of rotatable bonds is 5. The van der Waals surface area contributed by atoms with Crippen LogP contribution in [-0.4, -0.2) is 54.3 Å². The van der Waals surface area contributed by atoms with Crippen molar-refractivity contribution in [3.63, 3.8) is 0 Å². The third-order valence-corrected chi connectivity index (χ3v) is 5.11. The number of halogens is 1. The number of nitrogens with one attached hydrogen (secondary N) is 1. The molecular formula is C16H27IN4O3S. The second kappa shape index (κ2) is 10.2. The van der Waals surface area contributed by atoms with E-state index >= 15 is 0 Å². The summed E-state index contributed by atoms with van der Waals surface area (Å²) in [4.78, 5) is 18.5. The fourth-order valence-corrected chi connectivity index (χ4v) is 3.36. The lowest BCUT2D eigenvalue weighted by Gasteiger charge is -2.32. The Morgan fingerprint density at radius 3 is 2.80 bits per heavy atom. The van der Waals surface area contributed by atoms with E-state index in [0.29, 0.717) is 25.7 Å². The Kier molecular flexibility index (Phi) is 8.94. The largest absolute Gasteiger partial charge is 0.450 e. The Hall–Kier alpha value is -1.07. The first-order chi connectivity index (χ1) is 11.4. The fraction of sp³-hybridized carbons (Fsp3) is 0.625. The monoisotopic (exact) mass is 482 g/mol. The molecule has 0 aliphatic carbocycles. The molecule has 1 aliphatic rings. The molecule has 1 aliphatic heterocycles. The van der Waals surface area contributed by atoms with Gasteiger partial charge in [0.05, 0.1) is 13.2 Å². The number of nitrogens with two attached hydrogens (primary N) is 1. The first kappa shape index (κ1) is 22.0. The van der Waals surface area contributed by atoms with Crippen molar-refractivity contribution in [2.75, 3.05) is 26.2 Å². The van der Waals surface area contributed by atoms with Gasteiger partial charge in [0.1, 0.15) is 5.60 Å². The Labute approximate surface area is 169 Å². The molecule has 1 aromatic heterocycles. The zero-order valence-corrected chi connectivity index (χ0v) is 17.8. The lowest BCUT2D eigenvalue weighted by atomic mass is 10.1. The van der Waals surface area contributed by atoms with Crippen molar-refractivity contribution < 1.29 is 14.6 Å². The number of ether oxygens (including phenoxy) is 1. The maximum Gasteiger partial charge on any atom is 0.409 e. The molecule has 25 heavy (non-hydrogen) atoms. The van der Waals surface area contributed by atoms with Gasteiger partial charge in [0.2, 0.25) is 0 Å². The lowest BCUT2D eigenvalue weighted by molar-refractivity contribution is 0.0710. The second-order valence-electron chi connectivity index (χ2n) is 6.06. The van der Waals surface area contributed by atoms with Crippen LogP contribution in [0, 0.1) is 0 Å². The lowest BCUT2D eigenvalue weighted by Crippen LogP contribution is -2.48. The van der Waals surface area contributed by atoms with Gasteiger partial charge in [-0.15, -0.1) is 35.3 Å². The highest BCUT2D eigenvalue weighted by Gasteiger charge is 2.25. The van der Waals surface area contributed by atoms with Crippen molar-refractivity contribution >= 4 is 47.4 Å². The van der Waals surface area contributed by atoms with Crippen LogP contribution < -0.4 is 11.1 Å². The maximum absolute atomic E-state index is 11.7. The Balaban J connectivity index is 0.00000312. The minimum absolute atomic E-state index is 0. The average Bonchev–Trinajstić information content (AvgIpc) is 3.09.